The van der Waals surface area contributed by atoms with Crippen LogP contribution in [-0.2, 0) is 6.42 Å². The number of carbonyl (C=O) groups is 1. The molecule has 1 aromatic carbocycles. The van der Waals surface area contributed by atoms with E-state index in [1.807, 2.05) is 12.1 Å². The van der Waals surface area contributed by atoms with Gasteiger partial charge in [0.25, 0.3) is 5.91 Å². The lowest BCUT2D eigenvalue weighted by Crippen LogP contribution is -2.23. The van der Waals surface area contributed by atoms with Crippen LogP contribution in [0.5, 0.6) is 0 Å². The van der Waals surface area contributed by atoms with Crippen LogP contribution in [0.1, 0.15) is 61.9 Å². The van der Waals surface area contributed by atoms with Gasteiger partial charge >= 0.3 is 0 Å². The van der Waals surface area contributed by atoms with Crippen LogP contribution in [0.2, 0.25) is 0 Å². The molecule has 2 heteroatoms. The van der Waals surface area contributed by atoms with Crippen molar-refractivity contribution in [3.63, 3.8) is 0 Å². The maximum absolute atomic E-state index is 11.7. The Morgan fingerprint density at radius 2 is 1.72 bits per heavy atom. The highest BCUT2D eigenvalue weighted by Gasteiger charge is 2.03. The van der Waals surface area contributed by atoms with Gasteiger partial charge in [0.05, 0.1) is 0 Å². The molecule has 0 spiro atoms. The molecule has 0 aliphatic rings. The number of hydrogen-bond acceptors (Lipinski definition) is 1. The number of amides is 1. The summed E-state index contributed by atoms with van der Waals surface area (Å²) in [7, 11) is 0. The largest absolute Gasteiger partial charge is 0.352 e. The van der Waals surface area contributed by atoms with Gasteiger partial charge in [-0.25, -0.2) is 0 Å². The zero-order valence-electron chi connectivity index (χ0n) is 11.7. The molecule has 100 valence electrons. The minimum atomic E-state index is 0.0365. The van der Waals surface area contributed by atoms with E-state index in [1.54, 1.807) is 0 Å². The molecule has 0 unspecified atom stereocenters. The highest BCUT2D eigenvalue weighted by atomic mass is 16.1. The number of hydrogen-bond donors (Lipinski definition) is 1. The zero-order valence-corrected chi connectivity index (χ0v) is 11.7. The van der Waals surface area contributed by atoms with Crippen molar-refractivity contribution in [2.75, 3.05) is 6.54 Å². The third kappa shape index (κ3) is 5.35. The molecule has 0 saturated heterocycles. The predicted molar refractivity (Wildman–Crippen MR) is 76.9 cm³/mol. The van der Waals surface area contributed by atoms with Gasteiger partial charge in [0.15, 0.2) is 0 Å². The first-order chi connectivity index (χ1) is 8.77. The number of benzene rings is 1. The van der Waals surface area contributed by atoms with Crippen LogP contribution < -0.4 is 5.32 Å². The average molecular weight is 247 g/mol. The number of aryl methyl sites for hydroxylation is 1. The van der Waals surface area contributed by atoms with Crippen LogP contribution in [0, 0.1) is 0 Å². The van der Waals surface area contributed by atoms with Crippen LogP contribution in [0.25, 0.3) is 0 Å². The number of carbonyl (C=O) groups excluding carboxylic acids is 1. The van der Waals surface area contributed by atoms with Gasteiger partial charge in [-0.15, -0.1) is 0 Å². The number of nitrogens with one attached hydrogen (secondary N) is 1. The summed E-state index contributed by atoms with van der Waals surface area (Å²) in [6.07, 6.45) is 7.23. The lowest BCUT2D eigenvalue weighted by Gasteiger charge is -2.05. The van der Waals surface area contributed by atoms with Crippen LogP contribution in [0.3, 0.4) is 0 Å². The lowest BCUT2D eigenvalue weighted by atomic mass is 10.0. The Balaban J connectivity index is 2.39. The molecule has 18 heavy (non-hydrogen) atoms. The topological polar surface area (TPSA) is 29.1 Å². The van der Waals surface area contributed by atoms with Crippen molar-refractivity contribution >= 4 is 5.91 Å². The van der Waals surface area contributed by atoms with Gasteiger partial charge in [0, 0.05) is 12.1 Å². The maximum Gasteiger partial charge on any atom is 0.251 e. The molecule has 0 aliphatic heterocycles. The second kappa shape index (κ2) is 8.73. The van der Waals surface area contributed by atoms with E-state index in [0.717, 1.165) is 24.9 Å². The fourth-order valence-electron chi connectivity index (χ4n) is 1.92. The molecule has 2 nitrogen and oxygen atoms in total. The Hall–Kier alpha value is -1.31. The third-order valence-electron chi connectivity index (χ3n) is 3.07. The van der Waals surface area contributed by atoms with E-state index in [9.17, 15) is 4.79 Å². The van der Waals surface area contributed by atoms with E-state index in [2.05, 4.69) is 31.3 Å². The summed E-state index contributed by atoms with van der Waals surface area (Å²) in [6.45, 7) is 5.03. The number of rotatable bonds is 8. The normalized spacial score (nSPS) is 10.3. The average Bonchev–Trinajstić information content (AvgIpc) is 2.41. The standard InChI is InChI=1S/C16H25NO/c1-3-5-6-7-8-14-9-11-15(12-10-14)16(18)17-13-4-2/h9-12H,3-8,13H2,1-2H3,(H,17,18). The maximum atomic E-state index is 11.7. The van der Waals surface area contributed by atoms with Crippen LogP contribution in [0.15, 0.2) is 24.3 Å². The Morgan fingerprint density at radius 3 is 2.33 bits per heavy atom. The molecular formula is C16H25NO. The van der Waals surface area contributed by atoms with Gasteiger partial charge in [-0.1, -0.05) is 45.2 Å². The number of unbranched alkanes of at least 4 members (excludes halogenated alkanes) is 3. The molecule has 1 amide bonds. The summed E-state index contributed by atoms with van der Waals surface area (Å²) in [6, 6.07) is 8.01. The van der Waals surface area contributed by atoms with Crippen LogP contribution in [0.4, 0.5) is 0 Å². The fraction of sp³-hybridized carbons (Fsp3) is 0.562. The van der Waals surface area contributed by atoms with Crippen molar-refractivity contribution in [3.8, 4) is 0 Å². The first-order valence-electron chi connectivity index (χ1n) is 7.15. The minimum Gasteiger partial charge on any atom is -0.352 e. The van der Waals surface area contributed by atoms with E-state index in [-0.39, 0.29) is 5.91 Å². The first kappa shape index (κ1) is 14.7. The quantitative estimate of drug-likeness (QED) is 0.692. The zero-order chi connectivity index (χ0) is 13.2. The van der Waals surface area contributed by atoms with Gasteiger partial charge in [-0.05, 0) is 37.0 Å². The van der Waals surface area contributed by atoms with Gasteiger partial charge in [0.2, 0.25) is 0 Å². The first-order valence-corrected chi connectivity index (χ1v) is 7.15. The summed E-state index contributed by atoms with van der Waals surface area (Å²) in [5.74, 6) is 0.0365. The summed E-state index contributed by atoms with van der Waals surface area (Å²) in [5, 5.41) is 2.89. The van der Waals surface area contributed by atoms with Gasteiger partial charge < -0.3 is 5.32 Å². The Morgan fingerprint density at radius 1 is 1.00 bits per heavy atom. The monoisotopic (exact) mass is 247 g/mol. The summed E-state index contributed by atoms with van der Waals surface area (Å²) in [5.41, 5.74) is 2.10. The van der Waals surface area contributed by atoms with Crippen molar-refractivity contribution in [2.24, 2.45) is 0 Å². The minimum absolute atomic E-state index is 0.0365. The van der Waals surface area contributed by atoms with Crippen LogP contribution in [-0.4, -0.2) is 12.5 Å². The molecule has 0 saturated carbocycles. The third-order valence-corrected chi connectivity index (χ3v) is 3.07. The van der Waals surface area contributed by atoms with E-state index in [0.29, 0.717) is 0 Å². The van der Waals surface area contributed by atoms with Crippen molar-refractivity contribution in [1.82, 2.24) is 5.32 Å². The Labute approximate surface area is 111 Å². The van der Waals surface area contributed by atoms with E-state index in [4.69, 9.17) is 0 Å². The lowest BCUT2D eigenvalue weighted by molar-refractivity contribution is 0.0953. The summed E-state index contributed by atoms with van der Waals surface area (Å²) >= 11 is 0. The van der Waals surface area contributed by atoms with Gasteiger partial charge in [-0.3, -0.25) is 4.79 Å². The summed E-state index contributed by atoms with van der Waals surface area (Å²) in [4.78, 5) is 11.7. The highest BCUT2D eigenvalue weighted by Crippen LogP contribution is 2.09. The van der Waals surface area contributed by atoms with Gasteiger partial charge in [0.1, 0.15) is 0 Å². The molecule has 1 rings (SSSR count). The highest BCUT2D eigenvalue weighted by molar-refractivity contribution is 5.94. The van der Waals surface area contributed by atoms with Gasteiger partial charge in [-0.2, -0.15) is 0 Å². The SMILES string of the molecule is CCCCCCc1ccc(C(=O)NCCC)cc1. The molecule has 0 aromatic heterocycles. The van der Waals surface area contributed by atoms with E-state index < -0.39 is 0 Å². The molecule has 0 radical (unpaired) electrons. The molecule has 0 heterocycles. The second-order valence-corrected chi connectivity index (χ2v) is 4.76. The van der Waals surface area contributed by atoms with Crippen molar-refractivity contribution in [2.45, 2.75) is 52.4 Å². The molecule has 1 N–H and O–H groups in total. The molecule has 0 fully saturated rings. The molecule has 1 aromatic rings. The van der Waals surface area contributed by atoms with E-state index >= 15 is 0 Å². The fourth-order valence-corrected chi connectivity index (χ4v) is 1.92. The predicted octanol–water partition coefficient (Wildman–Crippen LogP) is 3.95. The Bertz CT molecular complexity index is 343. The second-order valence-electron chi connectivity index (χ2n) is 4.76. The summed E-state index contributed by atoms with van der Waals surface area (Å²) < 4.78 is 0. The smallest absolute Gasteiger partial charge is 0.251 e. The molecule has 0 bridgehead atoms. The van der Waals surface area contributed by atoms with Crippen molar-refractivity contribution in [3.05, 3.63) is 35.4 Å². The van der Waals surface area contributed by atoms with Crippen LogP contribution >= 0.6 is 0 Å². The van der Waals surface area contributed by atoms with Crippen molar-refractivity contribution in [1.29, 1.82) is 0 Å². The molecule has 0 aliphatic carbocycles. The molecule has 0 atom stereocenters. The Kier molecular flexibility index (Phi) is 7.16. The van der Waals surface area contributed by atoms with E-state index in [1.165, 1.54) is 31.2 Å². The van der Waals surface area contributed by atoms with Crippen molar-refractivity contribution < 1.29 is 4.79 Å². The molecular weight excluding hydrogens is 222 g/mol.